The first-order valence-corrected chi connectivity index (χ1v) is 10.4. The van der Waals surface area contributed by atoms with Crippen molar-refractivity contribution in [1.29, 1.82) is 0 Å². The number of nitrogens with zero attached hydrogens (tertiary/aromatic N) is 2. The highest BCUT2D eigenvalue weighted by Gasteiger charge is 2.19. The highest BCUT2D eigenvalue weighted by Crippen LogP contribution is 2.21. The van der Waals surface area contributed by atoms with E-state index in [1.165, 1.54) is 25.7 Å². The fraction of sp³-hybridized carbons (Fsp3) is 0.154. The zero-order valence-corrected chi connectivity index (χ0v) is 18.6. The van der Waals surface area contributed by atoms with Gasteiger partial charge in [-0.2, -0.15) is 0 Å². The van der Waals surface area contributed by atoms with Gasteiger partial charge in [0.2, 0.25) is 11.3 Å². The number of amides is 1. The van der Waals surface area contributed by atoms with Gasteiger partial charge in [-0.15, -0.1) is 0 Å². The lowest BCUT2D eigenvalue weighted by Crippen LogP contribution is -2.24. The van der Waals surface area contributed by atoms with Crippen LogP contribution in [0.5, 0.6) is 5.75 Å². The largest absolute Gasteiger partial charge is 0.497 e. The molecule has 2 aromatic heterocycles. The van der Waals surface area contributed by atoms with Crippen molar-refractivity contribution in [1.82, 2.24) is 9.55 Å². The second-order valence-electron chi connectivity index (χ2n) is 7.74. The number of hydrogen-bond donors (Lipinski definition) is 1. The molecule has 0 spiro atoms. The van der Waals surface area contributed by atoms with E-state index in [1.54, 1.807) is 34.9 Å². The maximum absolute atomic E-state index is 13.2. The fourth-order valence-electron chi connectivity index (χ4n) is 3.68. The molecule has 2 aromatic carbocycles. The van der Waals surface area contributed by atoms with Crippen LogP contribution >= 0.6 is 0 Å². The minimum absolute atomic E-state index is 0.0154. The summed E-state index contributed by atoms with van der Waals surface area (Å²) in [5, 5.41) is 3.25. The Balaban J connectivity index is 1.79. The Hall–Kier alpha value is -4.26. The zero-order valence-electron chi connectivity index (χ0n) is 18.6. The number of hydrogen-bond acceptors (Lipinski definition) is 5. The van der Waals surface area contributed by atoms with Gasteiger partial charge >= 0.3 is 0 Å². The van der Waals surface area contributed by atoms with Gasteiger partial charge in [-0.05, 0) is 55.3 Å². The smallest absolute Gasteiger partial charge is 0.244 e. The van der Waals surface area contributed by atoms with Gasteiger partial charge in [0.1, 0.15) is 12.3 Å². The molecule has 1 N–H and O–H groups in total. The Morgan fingerprint density at radius 3 is 2.55 bits per heavy atom. The molecule has 2 heterocycles. The van der Waals surface area contributed by atoms with Crippen molar-refractivity contribution in [2.45, 2.75) is 20.4 Å². The van der Waals surface area contributed by atoms with E-state index in [0.29, 0.717) is 22.2 Å². The normalized spacial score (nSPS) is 10.8. The molecule has 7 heteroatoms. The average molecular weight is 441 g/mol. The number of ether oxygens (including phenoxy) is 1. The molecule has 0 saturated carbocycles. The van der Waals surface area contributed by atoms with Gasteiger partial charge in [0.25, 0.3) is 0 Å². The maximum atomic E-state index is 13.2. The van der Waals surface area contributed by atoms with Gasteiger partial charge in [0, 0.05) is 41.3 Å². The molecule has 0 aliphatic carbocycles. The topological polar surface area (TPSA) is 90.3 Å². The van der Waals surface area contributed by atoms with Crippen molar-refractivity contribution in [2.24, 2.45) is 0 Å². The van der Waals surface area contributed by atoms with Gasteiger partial charge in [-0.25, -0.2) is 0 Å². The second kappa shape index (κ2) is 9.08. The van der Waals surface area contributed by atoms with Gasteiger partial charge in [-0.1, -0.05) is 12.1 Å². The molecule has 0 atom stereocenters. The number of ketones is 1. The minimum atomic E-state index is -0.427. The lowest BCUT2D eigenvalue weighted by molar-refractivity contribution is -0.116. The van der Waals surface area contributed by atoms with E-state index in [9.17, 15) is 14.4 Å². The summed E-state index contributed by atoms with van der Waals surface area (Å²) in [6, 6.07) is 13.7. The zero-order chi connectivity index (χ0) is 23.5. The van der Waals surface area contributed by atoms with Crippen molar-refractivity contribution >= 4 is 28.3 Å². The number of methoxy groups -OCH3 is 1. The highest BCUT2D eigenvalue weighted by molar-refractivity contribution is 6.10. The molecule has 0 bridgehead atoms. The molecule has 0 aliphatic rings. The third kappa shape index (κ3) is 4.39. The molecule has 1 amide bonds. The summed E-state index contributed by atoms with van der Waals surface area (Å²) in [6.07, 6.45) is 4.43. The first kappa shape index (κ1) is 22.0. The van der Waals surface area contributed by atoms with E-state index in [-0.39, 0.29) is 18.0 Å². The summed E-state index contributed by atoms with van der Waals surface area (Å²) >= 11 is 0. The van der Waals surface area contributed by atoms with Gasteiger partial charge in [-0.3, -0.25) is 19.4 Å². The molecule has 0 unspecified atom stereocenters. The lowest BCUT2D eigenvalue weighted by atomic mass is 10.0. The van der Waals surface area contributed by atoms with Crippen LogP contribution in [0.4, 0.5) is 5.69 Å². The molecule has 7 nitrogen and oxygen atoms in total. The Labute approximate surface area is 190 Å². The fourth-order valence-corrected chi connectivity index (χ4v) is 3.68. The van der Waals surface area contributed by atoms with Crippen molar-refractivity contribution in [2.75, 3.05) is 12.4 Å². The number of carbonyl (C=O) groups excluding carboxylic acids is 2. The number of pyridine rings is 2. The van der Waals surface area contributed by atoms with Gasteiger partial charge < -0.3 is 14.6 Å². The number of benzene rings is 2. The quantitative estimate of drug-likeness (QED) is 0.459. The average Bonchev–Trinajstić information content (AvgIpc) is 2.83. The molecule has 0 saturated heterocycles. The van der Waals surface area contributed by atoms with E-state index in [2.05, 4.69) is 10.3 Å². The standard InChI is InChI=1S/C26H23N3O4/c1-16-5-4-6-22(17(16)2)28-24(30)15-29-14-21(25(31)18-9-11-27-12-10-18)26(32)20-8-7-19(33-3)13-23(20)29/h4-14H,15H2,1-3H3,(H,28,30). The van der Waals surface area contributed by atoms with E-state index < -0.39 is 11.2 Å². The van der Waals surface area contributed by atoms with Crippen LogP contribution in [0.15, 0.2) is 71.9 Å². The third-order valence-corrected chi connectivity index (χ3v) is 5.67. The molecule has 0 aliphatic heterocycles. The Morgan fingerprint density at radius 1 is 1.06 bits per heavy atom. The number of fused-ring (bicyclic) bond motifs is 1. The lowest BCUT2D eigenvalue weighted by Gasteiger charge is -2.15. The summed E-state index contributed by atoms with van der Waals surface area (Å²) in [6.45, 7) is 3.83. The predicted molar refractivity (Wildman–Crippen MR) is 127 cm³/mol. The monoisotopic (exact) mass is 441 g/mol. The SMILES string of the molecule is COc1ccc2c(=O)c(C(=O)c3ccncc3)cn(CC(=O)Nc3cccc(C)c3C)c2c1. The number of aromatic nitrogens is 2. The molecular weight excluding hydrogens is 418 g/mol. The first-order chi connectivity index (χ1) is 15.9. The minimum Gasteiger partial charge on any atom is -0.497 e. The number of anilines is 1. The number of nitrogens with one attached hydrogen (secondary N) is 1. The van der Waals surface area contributed by atoms with Crippen LogP contribution in [-0.4, -0.2) is 28.4 Å². The molecule has 166 valence electrons. The Morgan fingerprint density at radius 2 is 1.82 bits per heavy atom. The summed E-state index contributed by atoms with van der Waals surface area (Å²) in [5.41, 5.74) is 3.19. The van der Waals surface area contributed by atoms with Crippen LogP contribution in [0.1, 0.15) is 27.0 Å². The van der Waals surface area contributed by atoms with E-state index in [0.717, 1.165) is 16.8 Å². The van der Waals surface area contributed by atoms with Crippen molar-refractivity contribution < 1.29 is 14.3 Å². The van der Waals surface area contributed by atoms with E-state index in [4.69, 9.17) is 4.74 Å². The molecule has 33 heavy (non-hydrogen) atoms. The molecule has 4 aromatic rings. The van der Waals surface area contributed by atoms with Crippen molar-refractivity contribution in [3.05, 3.63) is 99.6 Å². The van der Waals surface area contributed by atoms with Crippen LogP contribution in [0.2, 0.25) is 0 Å². The Bertz CT molecular complexity index is 1430. The first-order valence-electron chi connectivity index (χ1n) is 10.4. The number of rotatable bonds is 6. The summed E-state index contributed by atoms with van der Waals surface area (Å²) in [5.74, 6) is -0.165. The van der Waals surface area contributed by atoms with Crippen LogP contribution < -0.4 is 15.5 Å². The van der Waals surface area contributed by atoms with Crippen LogP contribution in [-0.2, 0) is 11.3 Å². The third-order valence-electron chi connectivity index (χ3n) is 5.67. The van der Waals surface area contributed by atoms with Gasteiger partial charge in [0.05, 0.1) is 18.2 Å². The molecule has 0 fully saturated rings. The highest BCUT2D eigenvalue weighted by atomic mass is 16.5. The van der Waals surface area contributed by atoms with Crippen molar-refractivity contribution in [3.8, 4) is 5.75 Å². The van der Waals surface area contributed by atoms with Crippen LogP contribution in [0.3, 0.4) is 0 Å². The summed E-state index contributed by atoms with van der Waals surface area (Å²) in [4.78, 5) is 43.1. The Kier molecular flexibility index (Phi) is 6.04. The van der Waals surface area contributed by atoms with Gasteiger partial charge in [0.15, 0.2) is 5.78 Å². The summed E-state index contributed by atoms with van der Waals surface area (Å²) < 4.78 is 6.91. The molecule has 4 rings (SSSR count). The molecule has 0 radical (unpaired) electrons. The maximum Gasteiger partial charge on any atom is 0.244 e. The number of carbonyl (C=O) groups is 2. The van der Waals surface area contributed by atoms with E-state index in [1.807, 2.05) is 32.0 Å². The predicted octanol–water partition coefficient (Wildman–Crippen LogP) is 3.89. The second-order valence-corrected chi connectivity index (χ2v) is 7.74. The van der Waals surface area contributed by atoms with Crippen molar-refractivity contribution in [3.63, 3.8) is 0 Å². The van der Waals surface area contributed by atoms with Crippen LogP contribution in [0, 0.1) is 13.8 Å². The van der Waals surface area contributed by atoms with Crippen LogP contribution in [0.25, 0.3) is 10.9 Å². The van der Waals surface area contributed by atoms with E-state index >= 15 is 0 Å². The number of aryl methyl sites for hydroxylation is 1. The molecular formula is C26H23N3O4. The summed E-state index contributed by atoms with van der Waals surface area (Å²) in [7, 11) is 1.53.